The van der Waals surface area contributed by atoms with Crippen molar-refractivity contribution < 1.29 is 18.0 Å². The van der Waals surface area contributed by atoms with Gasteiger partial charge >= 0.3 is 12.1 Å². The van der Waals surface area contributed by atoms with E-state index in [4.69, 9.17) is 0 Å². The van der Waals surface area contributed by atoms with Crippen molar-refractivity contribution in [3.05, 3.63) is 0 Å². The van der Waals surface area contributed by atoms with Crippen molar-refractivity contribution in [2.75, 3.05) is 6.54 Å². The molecule has 1 saturated heterocycles. The molecule has 1 rings (SSSR count). The highest BCUT2D eigenvalue weighted by Gasteiger charge is 2.44. The molecule has 2 unspecified atom stereocenters. The van der Waals surface area contributed by atoms with Crippen molar-refractivity contribution in [2.45, 2.75) is 38.9 Å². The lowest BCUT2D eigenvalue weighted by Gasteiger charge is -2.36. The van der Waals surface area contributed by atoms with Gasteiger partial charge in [0.2, 0.25) is 0 Å². The fraction of sp³-hybridized carbons (Fsp3) is 0.889. The zero-order valence-electron chi connectivity index (χ0n) is 8.27. The van der Waals surface area contributed by atoms with Crippen LogP contribution in [0.2, 0.25) is 0 Å². The van der Waals surface area contributed by atoms with Crippen LogP contribution in [-0.2, 0) is 4.79 Å². The Kier molecular flexibility index (Phi) is 3.07. The Morgan fingerprint density at radius 3 is 2.36 bits per heavy atom. The van der Waals surface area contributed by atoms with Crippen molar-refractivity contribution in [1.29, 1.82) is 0 Å². The number of hydrogen-bond acceptors (Lipinski definition) is 1. The molecule has 1 fully saturated rings. The van der Waals surface area contributed by atoms with Crippen molar-refractivity contribution in [3.8, 4) is 0 Å². The normalized spacial score (nSPS) is 29.1. The second-order valence-electron chi connectivity index (χ2n) is 3.97. The average Bonchev–Trinajstić information content (AvgIpc) is 2.01. The van der Waals surface area contributed by atoms with Gasteiger partial charge in [0.05, 0.1) is 0 Å². The van der Waals surface area contributed by atoms with Gasteiger partial charge in [-0.1, -0.05) is 6.92 Å². The van der Waals surface area contributed by atoms with Gasteiger partial charge in [-0.25, -0.2) is 0 Å². The van der Waals surface area contributed by atoms with E-state index in [-0.39, 0.29) is 12.6 Å². The fourth-order valence-electron chi connectivity index (χ4n) is 1.87. The van der Waals surface area contributed by atoms with Crippen LogP contribution in [0, 0.1) is 5.92 Å². The van der Waals surface area contributed by atoms with Crippen molar-refractivity contribution in [2.24, 2.45) is 5.92 Å². The minimum Gasteiger partial charge on any atom is -0.332 e. The van der Waals surface area contributed by atoms with Gasteiger partial charge < -0.3 is 4.90 Å². The molecule has 0 spiro atoms. The van der Waals surface area contributed by atoms with E-state index in [1.165, 1.54) is 0 Å². The summed E-state index contributed by atoms with van der Waals surface area (Å²) < 4.78 is 36.3. The summed E-state index contributed by atoms with van der Waals surface area (Å²) in [6.45, 7) is 3.88. The van der Waals surface area contributed by atoms with E-state index >= 15 is 0 Å². The Morgan fingerprint density at radius 2 is 1.93 bits per heavy atom. The van der Waals surface area contributed by atoms with Crippen LogP contribution in [-0.4, -0.2) is 29.6 Å². The third-order valence-corrected chi connectivity index (χ3v) is 2.64. The van der Waals surface area contributed by atoms with Crippen LogP contribution in [0.5, 0.6) is 0 Å². The molecule has 1 heterocycles. The smallest absolute Gasteiger partial charge is 0.332 e. The van der Waals surface area contributed by atoms with Crippen LogP contribution in [0.3, 0.4) is 0 Å². The first-order valence-corrected chi connectivity index (χ1v) is 4.70. The summed E-state index contributed by atoms with van der Waals surface area (Å²) in [5.74, 6) is -1.29. The van der Waals surface area contributed by atoms with E-state index in [1.54, 1.807) is 6.92 Å². The highest BCUT2D eigenvalue weighted by Crippen LogP contribution is 2.27. The number of rotatable bonds is 0. The largest absolute Gasteiger partial charge is 0.471 e. The number of piperidine rings is 1. The summed E-state index contributed by atoms with van der Waals surface area (Å²) in [7, 11) is 0. The molecule has 1 aliphatic rings. The summed E-state index contributed by atoms with van der Waals surface area (Å²) in [4.78, 5) is 11.9. The third kappa shape index (κ3) is 2.39. The van der Waals surface area contributed by atoms with Crippen LogP contribution >= 0.6 is 0 Å². The summed E-state index contributed by atoms with van der Waals surface area (Å²) in [5, 5.41) is 0. The van der Waals surface area contributed by atoms with E-state index in [0.29, 0.717) is 18.8 Å². The number of carbonyl (C=O) groups excluding carboxylic acids is 1. The van der Waals surface area contributed by atoms with Gasteiger partial charge in [-0.05, 0) is 25.7 Å². The van der Waals surface area contributed by atoms with Crippen molar-refractivity contribution in [1.82, 2.24) is 4.90 Å². The van der Waals surface area contributed by atoms with Gasteiger partial charge in [0, 0.05) is 12.6 Å². The Morgan fingerprint density at radius 1 is 1.36 bits per heavy atom. The zero-order chi connectivity index (χ0) is 10.9. The van der Waals surface area contributed by atoms with Crippen LogP contribution in [0.4, 0.5) is 13.2 Å². The summed E-state index contributed by atoms with van der Waals surface area (Å²) >= 11 is 0. The molecule has 0 N–H and O–H groups in total. The number of alkyl halides is 3. The van der Waals surface area contributed by atoms with E-state index in [0.717, 1.165) is 4.90 Å². The van der Waals surface area contributed by atoms with E-state index < -0.39 is 12.1 Å². The Balaban J connectivity index is 2.65. The molecule has 0 aromatic heterocycles. The fourth-order valence-corrected chi connectivity index (χ4v) is 1.87. The lowest BCUT2D eigenvalue weighted by Crippen LogP contribution is -2.49. The van der Waals surface area contributed by atoms with Crippen LogP contribution in [0.15, 0.2) is 0 Å². The predicted octanol–water partition coefficient (Wildman–Crippen LogP) is 2.20. The maximum absolute atomic E-state index is 12.1. The lowest BCUT2D eigenvalue weighted by molar-refractivity contribution is -0.189. The van der Waals surface area contributed by atoms with Gasteiger partial charge in [0.25, 0.3) is 0 Å². The molecule has 0 aliphatic carbocycles. The maximum Gasteiger partial charge on any atom is 0.471 e. The first kappa shape index (κ1) is 11.3. The molecule has 1 aliphatic heterocycles. The number of hydrogen-bond donors (Lipinski definition) is 0. The molecule has 2 nitrogen and oxygen atoms in total. The van der Waals surface area contributed by atoms with Gasteiger partial charge in [0.1, 0.15) is 0 Å². The Labute approximate surface area is 81.1 Å². The predicted molar refractivity (Wildman–Crippen MR) is 45.6 cm³/mol. The molecule has 5 heteroatoms. The molecule has 0 radical (unpaired) electrons. The maximum atomic E-state index is 12.1. The Hall–Kier alpha value is -0.740. The zero-order valence-corrected chi connectivity index (χ0v) is 8.27. The van der Waals surface area contributed by atoms with E-state index in [1.807, 2.05) is 6.92 Å². The van der Waals surface area contributed by atoms with Gasteiger partial charge in [-0.2, -0.15) is 13.2 Å². The van der Waals surface area contributed by atoms with Crippen molar-refractivity contribution in [3.63, 3.8) is 0 Å². The van der Waals surface area contributed by atoms with Crippen LogP contribution in [0.25, 0.3) is 0 Å². The molecule has 0 bridgehead atoms. The average molecular weight is 209 g/mol. The quantitative estimate of drug-likeness (QED) is 0.599. The van der Waals surface area contributed by atoms with Crippen molar-refractivity contribution >= 4 is 5.91 Å². The van der Waals surface area contributed by atoms with E-state index in [2.05, 4.69) is 0 Å². The molecular weight excluding hydrogens is 195 g/mol. The minimum absolute atomic E-state index is 0.223. The molecule has 14 heavy (non-hydrogen) atoms. The molecule has 0 saturated carbocycles. The number of halogens is 3. The van der Waals surface area contributed by atoms with Gasteiger partial charge in [-0.3, -0.25) is 4.79 Å². The summed E-state index contributed by atoms with van der Waals surface area (Å²) in [5.41, 5.74) is 0. The standard InChI is InChI=1S/C9H14F3NO/c1-6-3-4-13(7(2)5-6)8(14)9(10,11)12/h6-7H,3-5H2,1-2H3. The number of carbonyl (C=O) groups is 1. The molecule has 0 aromatic carbocycles. The SMILES string of the molecule is CC1CCN(C(=O)C(F)(F)F)C(C)C1. The van der Waals surface area contributed by atoms with Crippen LogP contribution in [0.1, 0.15) is 26.7 Å². The number of amides is 1. The lowest BCUT2D eigenvalue weighted by atomic mass is 9.93. The molecule has 82 valence electrons. The first-order valence-electron chi connectivity index (χ1n) is 4.70. The van der Waals surface area contributed by atoms with E-state index in [9.17, 15) is 18.0 Å². The Bertz CT molecular complexity index is 227. The highest BCUT2D eigenvalue weighted by atomic mass is 19.4. The summed E-state index contributed by atoms with van der Waals surface area (Å²) in [6.07, 6.45) is -3.41. The second kappa shape index (κ2) is 3.79. The van der Waals surface area contributed by atoms with Crippen LogP contribution < -0.4 is 0 Å². The minimum atomic E-state index is -4.73. The first-order chi connectivity index (χ1) is 6.32. The number of nitrogens with zero attached hydrogens (tertiary/aromatic N) is 1. The topological polar surface area (TPSA) is 20.3 Å². The molecular formula is C9H14F3NO. The van der Waals surface area contributed by atoms with Gasteiger partial charge in [0.15, 0.2) is 0 Å². The second-order valence-corrected chi connectivity index (χ2v) is 3.97. The number of likely N-dealkylation sites (tertiary alicyclic amines) is 1. The molecule has 0 aromatic rings. The highest BCUT2D eigenvalue weighted by molar-refractivity contribution is 5.82. The monoisotopic (exact) mass is 209 g/mol. The summed E-state index contributed by atoms with van der Waals surface area (Å²) in [6, 6.07) is -0.298. The van der Waals surface area contributed by atoms with Gasteiger partial charge in [-0.15, -0.1) is 0 Å². The third-order valence-electron chi connectivity index (χ3n) is 2.64. The molecule has 2 atom stereocenters. The molecule has 1 amide bonds.